The predicted molar refractivity (Wildman–Crippen MR) is 209 cm³/mol. The third-order valence-corrected chi connectivity index (χ3v) is 11.0. The summed E-state index contributed by atoms with van der Waals surface area (Å²) in [6.07, 6.45) is 8.56. The SMILES string of the molecule is O=C(O)C1CCC(COc2cccc(-c3nc4cc(OCCOCCOC5CCCCO5)ccc4nc3-c3cccc(OC4CCC(C(=O)O)CC4)c3)c2)CC1. The molecule has 3 fully saturated rings. The molecular formula is C44H52N2O10. The van der Waals surface area contributed by atoms with Crippen LogP contribution in [0.25, 0.3) is 33.5 Å². The Balaban J connectivity index is 1.07. The average Bonchev–Trinajstić information content (AvgIpc) is 3.23. The molecule has 12 nitrogen and oxygen atoms in total. The van der Waals surface area contributed by atoms with E-state index in [0.717, 1.165) is 49.8 Å². The van der Waals surface area contributed by atoms with Crippen LogP contribution < -0.4 is 14.2 Å². The van der Waals surface area contributed by atoms with Gasteiger partial charge in [-0.2, -0.15) is 0 Å². The van der Waals surface area contributed by atoms with Gasteiger partial charge >= 0.3 is 11.9 Å². The van der Waals surface area contributed by atoms with Crippen LogP contribution in [0, 0.1) is 17.8 Å². The van der Waals surface area contributed by atoms with Crippen molar-refractivity contribution >= 4 is 23.0 Å². The van der Waals surface area contributed by atoms with E-state index in [4.69, 9.17) is 38.4 Å². The molecule has 0 bridgehead atoms. The standard InChI is InChI=1S/C44H52N2O10/c47-43(48)30-12-10-29(11-13-30)28-55-35-7-3-5-32(25-35)42-41(33-6-4-8-37(26-33)56-34-16-14-31(15-17-34)44(49)50)45-38-19-18-36(27-39(38)46-42)52-23-21-51-22-24-54-40-9-1-2-20-53-40/h3-8,18-19,25-27,29-31,34,40H,1-2,9-17,20-24,28H2,(H,47,48)(H,49,50). The van der Waals surface area contributed by atoms with Gasteiger partial charge in [0.1, 0.15) is 23.9 Å². The van der Waals surface area contributed by atoms with E-state index in [1.165, 1.54) is 0 Å². The van der Waals surface area contributed by atoms with Crippen LogP contribution in [0.4, 0.5) is 0 Å². The topological polar surface area (TPSA) is 156 Å². The van der Waals surface area contributed by atoms with E-state index >= 15 is 0 Å². The Morgan fingerprint density at radius 2 is 1.29 bits per heavy atom. The third-order valence-electron chi connectivity index (χ3n) is 11.0. The van der Waals surface area contributed by atoms with Crippen LogP contribution in [0.5, 0.6) is 17.2 Å². The fraction of sp³-hybridized carbons (Fsp3) is 0.500. The van der Waals surface area contributed by atoms with Crippen molar-refractivity contribution in [1.82, 2.24) is 9.97 Å². The maximum absolute atomic E-state index is 11.5. The summed E-state index contributed by atoms with van der Waals surface area (Å²) in [4.78, 5) is 33.2. The number of fused-ring (bicyclic) bond motifs is 1. The van der Waals surface area contributed by atoms with Gasteiger partial charge in [0.25, 0.3) is 0 Å². The van der Waals surface area contributed by atoms with Gasteiger partial charge in [-0.15, -0.1) is 0 Å². The first-order valence-electron chi connectivity index (χ1n) is 20.1. The second-order valence-corrected chi connectivity index (χ2v) is 15.1. The van der Waals surface area contributed by atoms with Gasteiger partial charge in [-0.3, -0.25) is 9.59 Å². The number of carbonyl (C=O) groups is 2. The Labute approximate surface area is 327 Å². The van der Waals surface area contributed by atoms with E-state index in [9.17, 15) is 19.8 Å². The van der Waals surface area contributed by atoms with Gasteiger partial charge in [0.2, 0.25) is 0 Å². The van der Waals surface area contributed by atoms with E-state index in [2.05, 4.69) is 0 Å². The molecule has 0 radical (unpaired) electrons. The minimum absolute atomic E-state index is 0.0516. The lowest BCUT2D eigenvalue weighted by Crippen LogP contribution is -2.27. The molecule has 2 aliphatic carbocycles. The van der Waals surface area contributed by atoms with Crippen LogP contribution in [0.1, 0.15) is 70.6 Å². The molecule has 2 N–H and O–H groups in total. The van der Waals surface area contributed by atoms with Gasteiger partial charge in [0.15, 0.2) is 6.29 Å². The van der Waals surface area contributed by atoms with Crippen molar-refractivity contribution < 1.29 is 48.2 Å². The van der Waals surface area contributed by atoms with Crippen LogP contribution in [-0.2, 0) is 23.8 Å². The van der Waals surface area contributed by atoms with Crippen molar-refractivity contribution in [3.63, 3.8) is 0 Å². The first kappa shape index (κ1) is 39.5. The molecule has 1 atom stereocenters. The third kappa shape index (κ3) is 10.7. The number of ether oxygens (including phenoxy) is 6. The van der Waals surface area contributed by atoms with Crippen LogP contribution in [0.15, 0.2) is 66.7 Å². The van der Waals surface area contributed by atoms with Crippen molar-refractivity contribution in [2.24, 2.45) is 17.8 Å². The van der Waals surface area contributed by atoms with E-state index in [1.807, 2.05) is 66.7 Å². The first-order chi connectivity index (χ1) is 27.4. The Hall–Kier alpha value is -4.78. The largest absolute Gasteiger partial charge is 0.493 e. The van der Waals surface area contributed by atoms with Gasteiger partial charge in [-0.25, -0.2) is 9.97 Å². The van der Waals surface area contributed by atoms with Gasteiger partial charge in [0.05, 0.1) is 66.8 Å². The Morgan fingerprint density at radius 3 is 1.98 bits per heavy atom. The van der Waals surface area contributed by atoms with E-state index in [-0.39, 0.29) is 24.2 Å². The molecule has 12 heteroatoms. The van der Waals surface area contributed by atoms with E-state index < -0.39 is 11.9 Å². The maximum Gasteiger partial charge on any atom is 0.306 e. The highest BCUT2D eigenvalue weighted by Crippen LogP contribution is 2.36. The summed E-state index contributed by atoms with van der Waals surface area (Å²) in [5.74, 6) is 0.348. The fourth-order valence-electron chi connectivity index (χ4n) is 7.79. The Kier molecular flexibility index (Phi) is 13.7. The molecule has 1 aromatic heterocycles. The van der Waals surface area contributed by atoms with Crippen molar-refractivity contribution in [3.05, 3.63) is 66.7 Å². The normalized spacial score (nSPS) is 22.7. The summed E-state index contributed by atoms with van der Waals surface area (Å²) in [7, 11) is 0. The van der Waals surface area contributed by atoms with Gasteiger partial charge in [0, 0.05) is 23.8 Å². The number of aliphatic carboxylic acids is 2. The van der Waals surface area contributed by atoms with Gasteiger partial charge in [-0.05, 0) is 113 Å². The molecule has 4 aromatic rings. The zero-order valence-electron chi connectivity index (χ0n) is 31.8. The number of hydrogen-bond donors (Lipinski definition) is 2. The van der Waals surface area contributed by atoms with Gasteiger partial charge in [-0.1, -0.05) is 24.3 Å². The number of benzene rings is 3. The lowest BCUT2D eigenvalue weighted by Gasteiger charge is -2.27. The smallest absolute Gasteiger partial charge is 0.306 e. The van der Waals surface area contributed by atoms with E-state index in [0.29, 0.717) is 117 Å². The van der Waals surface area contributed by atoms with Crippen LogP contribution in [0.3, 0.4) is 0 Å². The van der Waals surface area contributed by atoms with Crippen LogP contribution in [0.2, 0.25) is 0 Å². The fourth-order valence-corrected chi connectivity index (χ4v) is 7.79. The minimum Gasteiger partial charge on any atom is -0.493 e. The zero-order chi connectivity index (χ0) is 38.7. The summed E-state index contributed by atoms with van der Waals surface area (Å²) in [6.45, 7) is 2.99. The summed E-state index contributed by atoms with van der Waals surface area (Å²) in [5.41, 5.74) is 4.41. The number of aromatic nitrogens is 2. The van der Waals surface area contributed by atoms with Gasteiger partial charge < -0.3 is 38.6 Å². The molecule has 1 saturated heterocycles. The highest BCUT2D eigenvalue weighted by molar-refractivity contribution is 5.87. The quantitative estimate of drug-likeness (QED) is 0.0995. The van der Waals surface area contributed by atoms with Crippen LogP contribution in [-0.4, -0.2) is 84.2 Å². The first-order valence-corrected chi connectivity index (χ1v) is 20.1. The molecule has 2 saturated carbocycles. The molecule has 0 amide bonds. The molecule has 0 spiro atoms. The summed E-state index contributed by atoms with van der Waals surface area (Å²) in [6, 6.07) is 21.4. The molecular weight excluding hydrogens is 716 g/mol. The summed E-state index contributed by atoms with van der Waals surface area (Å²) in [5, 5.41) is 18.8. The molecule has 1 unspecified atom stereocenters. The van der Waals surface area contributed by atoms with E-state index in [1.54, 1.807) is 0 Å². The van der Waals surface area contributed by atoms with Crippen molar-refractivity contribution in [2.45, 2.75) is 83.0 Å². The number of rotatable bonds is 17. The number of carboxylic acid groups (broad SMARTS) is 2. The number of carboxylic acids is 2. The molecule has 298 valence electrons. The lowest BCUT2D eigenvalue weighted by molar-refractivity contribution is -0.169. The minimum atomic E-state index is -0.736. The summed E-state index contributed by atoms with van der Waals surface area (Å²) >= 11 is 0. The predicted octanol–water partition coefficient (Wildman–Crippen LogP) is 8.19. The maximum atomic E-state index is 11.5. The molecule has 1 aliphatic heterocycles. The van der Waals surface area contributed by atoms with Crippen molar-refractivity contribution in [3.8, 4) is 39.8 Å². The van der Waals surface area contributed by atoms with Crippen molar-refractivity contribution in [2.75, 3.05) is 39.6 Å². The monoisotopic (exact) mass is 768 g/mol. The number of hydrogen-bond acceptors (Lipinski definition) is 10. The summed E-state index contributed by atoms with van der Waals surface area (Å²) < 4.78 is 35.8. The second kappa shape index (κ2) is 19.4. The Morgan fingerprint density at radius 1 is 0.643 bits per heavy atom. The average molecular weight is 769 g/mol. The highest BCUT2D eigenvalue weighted by Gasteiger charge is 2.28. The lowest BCUT2D eigenvalue weighted by atomic mass is 9.82. The molecule has 3 aliphatic rings. The number of nitrogens with zero attached hydrogens (tertiary/aromatic N) is 2. The molecule has 2 heterocycles. The molecule has 56 heavy (non-hydrogen) atoms. The molecule has 3 aromatic carbocycles. The second-order valence-electron chi connectivity index (χ2n) is 15.1. The highest BCUT2D eigenvalue weighted by atomic mass is 16.7. The zero-order valence-corrected chi connectivity index (χ0v) is 31.8. The van der Waals surface area contributed by atoms with Crippen LogP contribution >= 0.6 is 0 Å². The molecule has 7 rings (SSSR count). The van der Waals surface area contributed by atoms with Crippen molar-refractivity contribution in [1.29, 1.82) is 0 Å². The Bertz CT molecular complexity index is 1920.